The molecule has 2 aliphatic carbocycles. The van der Waals surface area contributed by atoms with Crippen LogP contribution < -0.4 is 10.2 Å². The maximum atomic E-state index is 13.3. The topological polar surface area (TPSA) is 32.3 Å². The van der Waals surface area contributed by atoms with Crippen LogP contribution in [-0.2, 0) is 4.79 Å². The number of halogens is 1. The molecule has 160 valence electrons. The summed E-state index contributed by atoms with van der Waals surface area (Å²) in [6.07, 6.45) is 9.88. The van der Waals surface area contributed by atoms with Gasteiger partial charge in [0.05, 0.1) is 0 Å². The van der Waals surface area contributed by atoms with Crippen LogP contribution in [-0.4, -0.2) is 26.0 Å². The second kappa shape index (κ2) is 13.7. The van der Waals surface area contributed by atoms with E-state index < -0.39 is 0 Å². The summed E-state index contributed by atoms with van der Waals surface area (Å²) in [4.78, 5) is 14.3. The van der Waals surface area contributed by atoms with Crippen molar-refractivity contribution in [1.29, 1.82) is 0 Å². The number of benzene rings is 1. The molecule has 1 aliphatic heterocycles. The molecule has 4 rings (SSSR count). The summed E-state index contributed by atoms with van der Waals surface area (Å²) in [6, 6.07) is 4.81. The van der Waals surface area contributed by atoms with Crippen LogP contribution in [0.25, 0.3) is 0 Å². The minimum atomic E-state index is -0.204. The predicted molar refractivity (Wildman–Crippen MR) is 119 cm³/mol. The van der Waals surface area contributed by atoms with E-state index in [1.807, 2.05) is 25.8 Å². The summed E-state index contributed by atoms with van der Waals surface area (Å²) < 4.78 is 13.3. The molecule has 1 amide bonds. The van der Waals surface area contributed by atoms with Gasteiger partial charge in [-0.25, -0.2) is 4.39 Å². The van der Waals surface area contributed by atoms with E-state index in [-0.39, 0.29) is 17.6 Å². The molecule has 1 N–H and O–H groups in total. The Kier molecular flexibility index (Phi) is 12.1. The number of amides is 1. The van der Waals surface area contributed by atoms with Crippen molar-refractivity contribution >= 4 is 11.6 Å². The number of rotatable bonds is 4. The molecule has 2 saturated carbocycles. The highest BCUT2D eigenvalue weighted by atomic mass is 19.1. The van der Waals surface area contributed by atoms with Crippen LogP contribution >= 0.6 is 0 Å². The summed E-state index contributed by atoms with van der Waals surface area (Å²) in [5.41, 5.74) is 1.94. The SMILES string of the molecule is C1CC1.CC.CCC1CN(C(=O)C2CCC2)c2ccc(F)cc21.CCCNC. The van der Waals surface area contributed by atoms with Crippen LogP contribution in [0.4, 0.5) is 10.1 Å². The summed E-state index contributed by atoms with van der Waals surface area (Å²) >= 11 is 0. The molecule has 28 heavy (non-hydrogen) atoms. The molecule has 1 atom stereocenters. The molecule has 0 aromatic heterocycles. The van der Waals surface area contributed by atoms with Crippen molar-refractivity contribution in [2.45, 2.75) is 85.0 Å². The molecule has 3 aliphatic rings. The Morgan fingerprint density at radius 2 is 1.79 bits per heavy atom. The molecule has 0 spiro atoms. The number of hydrogen-bond acceptors (Lipinski definition) is 2. The van der Waals surface area contributed by atoms with Crippen LogP contribution in [0.1, 0.15) is 90.5 Å². The molecule has 2 fully saturated rings. The van der Waals surface area contributed by atoms with E-state index in [0.29, 0.717) is 5.92 Å². The summed E-state index contributed by atoms with van der Waals surface area (Å²) in [6.45, 7) is 10.1. The lowest BCUT2D eigenvalue weighted by Gasteiger charge is -2.29. The third kappa shape index (κ3) is 7.54. The number of anilines is 1. The highest BCUT2D eigenvalue weighted by Crippen LogP contribution is 2.41. The number of hydrogen-bond donors (Lipinski definition) is 1. The van der Waals surface area contributed by atoms with Crippen LogP contribution in [0, 0.1) is 11.7 Å². The first-order chi connectivity index (χ1) is 13.6. The second-order valence-corrected chi connectivity index (χ2v) is 7.55. The van der Waals surface area contributed by atoms with Gasteiger partial charge in [-0.05, 0) is 63.0 Å². The van der Waals surface area contributed by atoms with Gasteiger partial charge in [0.25, 0.3) is 0 Å². The maximum absolute atomic E-state index is 13.3. The Morgan fingerprint density at radius 1 is 1.14 bits per heavy atom. The van der Waals surface area contributed by atoms with Crippen LogP contribution in [0.2, 0.25) is 0 Å². The Labute approximate surface area is 172 Å². The summed E-state index contributed by atoms with van der Waals surface area (Å²) in [5.74, 6) is 0.536. The molecular formula is C24H41FN2O. The molecule has 0 bridgehead atoms. The highest BCUT2D eigenvalue weighted by Gasteiger charge is 2.36. The highest BCUT2D eigenvalue weighted by molar-refractivity contribution is 5.97. The minimum Gasteiger partial charge on any atom is -0.320 e. The number of carbonyl (C=O) groups excluding carboxylic acids is 1. The quantitative estimate of drug-likeness (QED) is 0.654. The first kappa shape index (κ1) is 24.6. The fourth-order valence-corrected chi connectivity index (χ4v) is 3.20. The van der Waals surface area contributed by atoms with Gasteiger partial charge in [-0.2, -0.15) is 0 Å². The van der Waals surface area contributed by atoms with Gasteiger partial charge in [0, 0.05) is 24.1 Å². The molecule has 0 radical (unpaired) electrons. The lowest BCUT2D eigenvalue weighted by Crippen LogP contribution is -2.38. The van der Waals surface area contributed by atoms with Crippen molar-refractivity contribution in [3.05, 3.63) is 29.6 Å². The molecule has 4 heteroatoms. The van der Waals surface area contributed by atoms with E-state index in [4.69, 9.17) is 0 Å². The number of fused-ring (bicyclic) bond motifs is 1. The van der Waals surface area contributed by atoms with E-state index in [0.717, 1.165) is 50.0 Å². The Morgan fingerprint density at radius 3 is 2.18 bits per heavy atom. The van der Waals surface area contributed by atoms with Crippen LogP contribution in [0.3, 0.4) is 0 Å². The fraction of sp³-hybridized carbons (Fsp3) is 0.708. The first-order valence-corrected chi connectivity index (χ1v) is 11.4. The monoisotopic (exact) mass is 392 g/mol. The largest absolute Gasteiger partial charge is 0.320 e. The standard InChI is InChI=1S/C15H18FNO.C4H11N.C3H6.C2H6/c1-2-10-9-17(15(18)11-4-3-5-11)14-7-6-12(16)8-13(10)14;1-3-4-5-2;1-2-3-1;1-2/h6-8,10-11H,2-5,9H2,1H3;5H,3-4H2,1-2H3;1-3H2;1-2H3. The van der Waals surface area contributed by atoms with E-state index >= 15 is 0 Å². The molecule has 3 nitrogen and oxygen atoms in total. The summed E-state index contributed by atoms with van der Waals surface area (Å²) in [5, 5.41) is 3.02. The van der Waals surface area contributed by atoms with Gasteiger partial charge in [0.2, 0.25) is 5.91 Å². The molecule has 0 saturated heterocycles. The number of carbonyl (C=O) groups is 1. The van der Waals surface area contributed by atoms with Crippen molar-refractivity contribution in [3.63, 3.8) is 0 Å². The lowest BCUT2D eigenvalue weighted by atomic mass is 9.84. The Hall–Kier alpha value is -1.42. The van der Waals surface area contributed by atoms with Crippen LogP contribution in [0.15, 0.2) is 18.2 Å². The van der Waals surface area contributed by atoms with Crippen molar-refractivity contribution in [2.75, 3.05) is 25.0 Å². The fourth-order valence-electron chi connectivity index (χ4n) is 3.20. The minimum absolute atomic E-state index is 0.204. The Balaban J connectivity index is 0.000000327. The third-order valence-electron chi connectivity index (χ3n) is 5.19. The zero-order valence-corrected chi connectivity index (χ0v) is 18.7. The lowest BCUT2D eigenvalue weighted by molar-refractivity contribution is -0.124. The number of nitrogens with one attached hydrogen (secondary N) is 1. The predicted octanol–water partition coefficient (Wildman–Crippen LogP) is 6.28. The number of nitrogens with zero attached hydrogens (tertiary/aromatic N) is 1. The van der Waals surface area contributed by atoms with Crippen molar-refractivity contribution in [1.82, 2.24) is 5.32 Å². The van der Waals surface area contributed by atoms with Gasteiger partial charge in [0.15, 0.2) is 0 Å². The van der Waals surface area contributed by atoms with Gasteiger partial charge in [-0.15, -0.1) is 0 Å². The molecule has 1 aromatic carbocycles. The van der Waals surface area contributed by atoms with E-state index in [1.165, 1.54) is 31.7 Å². The molecule has 1 unspecified atom stereocenters. The summed E-state index contributed by atoms with van der Waals surface area (Å²) in [7, 11) is 1.96. The van der Waals surface area contributed by atoms with Crippen molar-refractivity contribution < 1.29 is 9.18 Å². The van der Waals surface area contributed by atoms with Crippen molar-refractivity contribution in [2.24, 2.45) is 5.92 Å². The average molecular weight is 393 g/mol. The first-order valence-electron chi connectivity index (χ1n) is 11.4. The van der Waals surface area contributed by atoms with Gasteiger partial charge in [-0.1, -0.05) is 53.4 Å². The Bertz CT molecular complexity index is 565. The van der Waals surface area contributed by atoms with E-state index in [1.54, 1.807) is 12.1 Å². The van der Waals surface area contributed by atoms with Gasteiger partial charge in [-0.3, -0.25) is 4.79 Å². The normalized spacial score (nSPS) is 18.9. The second-order valence-electron chi connectivity index (χ2n) is 7.55. The average Bonchev–Trinajstić information content (AvgIpc) is 3.50. The zero-order chi connectivity index (χ0) is 20.9. The maximum Gasteiger partial charge on any atom is 0.230 e. The van der Waals surface area contributed by atoms with Gasteiger partial charge in [0.1, 0.15) is 5.82 Å². The van der Waals surface area contributed by atoms with Crippen LogP contribution in [0.5, 0.6) is 0 Å². The van der Waals surface area contributed by atoms with Gasteiger partial charge < -0.3 is 10.2 Å². The zero-order valence-electron chi connectivity index (χ0n) is 18.7. The van der Waals surface area contributed by atoms with E-state index in [9.17, 15) is 9.18 Å². The molecule has 1 aromatic rings. The molecule has 1 heterocycles. The third-order valence-corrected chi connectivity index (χ3v) is 5.19. The molecular weight excluding hydrogens is 351 g/mol. The van der Waals surface area contributed by atoms with Crippen molar-refractivity contribution in [3.8, 4) is 0 Å². The van der Waals surface area contributed by atoms with E-state index in [2.05, 4.69) is 19.2 Å². The van der Waals surface area contributed by atoms with Gasteiger partial charge >= 0.3 is 0 Å². The smallest absolute Gasteiger partial charge is 0.230 e.